The number of carbonyl (C=O) groups is 1. The molecule has 0 unspecified atom stereocenters. The van der Waals surface area contributed by atoms with Gasteiger partial charge >= 0.3 is 0 Å². The van der Waals surface area contributed by atoms with E-state index in [4.69, 9.17) is 11.6 Å². The largest absolute Gasteiger partial charge is 0.292 e. The molecule has 19 heavy (non-hydrogen) atoms. The molecule has 2 nitrogen and oxygen atoms in total. The molecule has 1 fully saturated rings. The van der Waals surface area contributed by atoms with Crippen LogP contribution in [0.4, 0.5) is 0 Å². The number of Topliss-reactive ketones (excluding diaryl/α,β-unsaturated/α-hetero) is 1. The van der Waals surface area contributed by atoms with E-state index in [9.17, 15) is 4.79 Å². The molecule has 0 aliphatic carbocycles. The SMILES string of the molecule is CC(C)(C(=O)c1cccc(Cl)c1)N1CCCCCC1. The molecule has 2 rings (SSSR count). The van der Waals surface area contributed by atoms with Crippen LogP contribution in [0.5, 0.6) is 0 Å². The number of hydrogen-bond acceptors (Lipinski definition) is 2. The zero-order valence-corrected chi connectivity index (χ0v) is 12.5. The number of hydrogen-bond donors (Lipinski definition) is 0. The zero-order valence-electron chi connectivity index (χ0n) is 11.8. The first kappa shape index (κ1) is 14.5. The Hall–Kier alpha value is -0.860. The molecule has 0 bridgehead atoms. The Bertz CT molecular complexity index is 448. The van der Waals surface area contributed by atoms with Crippen molar-refractivity contribution in [1.29, 1.82) is 0 Å². The second-order valence-corrected chi connectivity index (χ2v) is 6.24. The van der Waals surface area contributed by atoms with Crippen LogP contribution in [0.25, 0.3) is 0 Å². The van der Waals surface area contributed by atoms with Crippen LogP contribution in [0, 0.1) is 0 Å². The molecule has 1 aromatic rings. The molecule has 0 saturated carbocycles. The summed E-state index contributed by atoms with van der Waals surface area (Å²) in [6.07, 6.45) is 4.92. The normalized spacial score (nSPS) is 18.1. The number of rotatable bonds is 3. The number of ketones is 1. The Labute approximate surface area is 120 Å². The van der Waals surface area contributed by atoms with Crippen LogP contribution in [0.15, 0.2) is 24.3 Å². The van der Waals surface area contributed by atoms with Gasteiger partial charge in [-0.25, -0.2) is 0 Å². The first-order chi connectivity index (χ1) is 9.01. The fraction of sp³-hybridized carbons (Fsp3) is 0.562. The zero-order chi connectivity index (χ0) is 13.9. The molecular weight excluding hydrogens is 258 g/mol. The summed E-state index contributed by atoms with van der Waals surface area (Å²) in [6.45, 7) is 6.09. The maximum Gasteiger partial charge on any atom is 0.182 e. The van der Waals surface area contributed by atoms with Crippen LogP contribution >= 0.6 is 11.6 Å². The minimum absolute atomic E-state index is 0.164. The quantitative estimate of drug-likeness (QED) is 0.774. The van der Waals surface area contributed by atoms with Crippen LogP contribution in [0.3, 0.4) is 0 Å². The van der Waals surface area contributed by atoms with E-state index < -0.39 is 5.54 Å². The maximum absolute atomic E-state index is 12.7. The predicted octanol–water partition coefficient (Wildman–Crippen LogP) is 4.18. The van der Waals surface area contributed by atoms with Gasteiger partial charge in [0, 0.05) is 10.6 Å². The number of carbonyl (C=O) groups excluding carboxylic acids is 1. The molecule has 1 aliphatic heterocycles. The van der Waals surface area contributed by atoms with Crippen molar-refractivity contribution in [2.45, 2.75) is 45.1 Å². The number of nitrogens with zero attached hydrogens (tertiary/aromatic N) is 1. The Balaban J connectivity index is 2.20. The summed E-state index contributed by atoms with van der Waals surface area (Å²) in [5, 5.41) is 0.623. The maximum atomic E-state index is 12.7. The second-order valence-electron chi connectivity index (χ2n) is 5.80. The second kappa shape index (κ2) is 6.06. The summed E-state index contributed by atoms with van der Waals surface area (Å²) in [5.74, 6) is 0.164. The highest BCUT2D eigenvalue weighted by atomic mass is 35.5. The van der Waals surface area contributed by atoms with Crippen molar-refractivity contribution in [3.8, 4) is 0 Å². The van der Waals surface area contributed by atoms with Crippen molar-refractivity contribution in [3.63, 3.8) is 0 Å². The first-order valence-corrected chi connectivity index (χ1v) is 7.45. The van der Waals surface area contributed by atoms with Gasteiger partial charge in [0.2, 0.25) is 0 Å². The molecule has 0 spiro atoms. The molecule has 1 saturated heterocycles. The van der Waals surface area contributed by atoms with Crippen LogP contribution < -0.4 is 0 Å². The molecule has 1 aromatic carbocycles. The average Bonchev–Trinajstić information content (AvgIpc) is 2.67. The molecule has 0 N–H and O–H groups in total. The highest BCUT2D eigenvalue weighted by molar-refractivity contribution is 6.31. The molecule has 1 aliphatic rings. The molecule has 1 heterocycles. The van der Waals surface area contributed by atoms with Gasteiger partial charge in [-0.2, -0.15) is 0 Å². The molecule has 0 aromatic heterocycles. The summed E-state index contributed by atoms with van der Waals surface area (Å²) in [7, 11) is 0. The lowest BCUT2D eigenvalue weighted by atomic mass is 9.91. The third-order valence-electron chi connectivity index (χ3n) is 4.04. The summed E-state index contributed by atoms with van der Waals surface area (Å²) in [6, 6.07) is 7.27. The number of benzene rings is 1. The first-order valence-electron chi connectivity index (χ1n) is 7.07. The van der Waals surface area contributed by atoms with Gasteiger partial charge < -0.3 is 0 Å². The van der Waals surface area contributed by atoms with Crippen LogP contribution in [0.2, 0.25) is 5.02 Å². The minimum atomic E-state index is -0.449. The van der Waals surface area contributed by atoms with Gasteiger partial charge in [-0.05, 0) is 51.9 Å². The molecular formula is C16H22ClNO. The van der Waals surface area contributed by atoms with Crippen LogP contribution in [-0.4, -0.2) is 29.3 Å². The Morgan fingerprint density at radius 2 is 1.79 bits per heavy atom. The van der Waals surface area contributed by atoms with Crippen molar-refractivity contribution < 1.29 is 4.79 Å². The smallest absolute Gasteiger partial charge is 0.182 e. The van der Waals surface area contributed by atoms with Gasteiger partial charge in [-0.3, -0.25) is 9.69 Å². The van der Waals surface area contributed by atoms with Crippen LogP contribution in [0.1, 0.15) is 49.9 Å². The highest BCUT2D eigenvalue weighted by Gasteiger charge is 2.35. The highest BCUT2D eigenvalue weighted by Crippen LogP contribution is 2.25. The van der Waals surface area contributed by atoms with E-state index in [1.165, 1.54) is 25.7 Å². The summed E-state index contributed by atoms with van der Waals surface area (Å²) < 4.78 is 0. The van der Waals surface area contributed by atoms with E-state index >= 15 is 0 Å². The molecule has 0 atom stereocenters. The standard InChI is InChI=1S/C16H22ClNO/c1-16(2,18-10-5-3-4-6-11-18)15(19)13-8-7-9-14(17)12-13/h7-9,12H,3-6,10-11H2,1-2H3. The van der Waals surface area contributed by atoms with Crippen LogP contribution in [-0.2, 0) is 0 Å². The number of halogens is 1. The van der Waals surface area contributed by atoms with Gasteiger partial charge in [0.05, 0.1) is 5.54 Å². The minimum Gasteiger partial charge on any atom is -0.292 e. The van der Waals surface area contributed by atoms with E-state index in [-0.39, 0.29) is 5.78 Å². The van der Waals surface area contributed by atoms with E-state index in [0.717, 1.165) is 13.1 Å². The van der Waals surface area contributed by atoms with Crippen molar-refractivity contribution in [3.05, 3.63) is 34.9 Å². The van der Waals surface area contributed by atoms with E-state index in [1.54, 1.807) is 12.1 Å². The lowest BCUT2D eigenvalue weighted by Crippen LogP contribution is -2.50. The lowest BCUT2D eigenvalue weighted by Gasteiger charge is -2.36. The molecule has 104 valence electrons. The monoisotopic (exact) mass is 279 g/mol. The van der Waals surface area contributed by atoms with E-state index in [0.29, 0.717) is 10.6 Å². The Kier molecular flexibility index (Phi) is 4.64. The van der Waals surface area contributed by atoms with E-state index in [1.807, 2.05) is 26.0 Å². The fourth-order valence-electron chi connectivity index (χ4n) is 2.76. The van der Waals surface area contributed by atoms with Gasteiger partial charge in [0.25, 0.3) is 0 Å². The lowest BCUT2D eigenvalue weighted by molar-refractivity contribution is 0.0649. The van der Waals surface area contributed by atoms with Crippen molar-refractivity contribution >= 4 is 17.4 Å². The van der Waals surface area contributed by atoms with Gasteiger partial charge in [-0.1, -0.05) is 36.6 Å². The average molecular weight is 280 g/mol. The molecule has 0 amide bonds. The van der Waals surface area contributed by atoms with E-state index in [2.05, 4.69) is 4.90 Å². The van der Waals surface area contributed by atoms with Gasteiger partial charge in [-0.15, -0.1) is 0 Å². The van der Waals surface area contributed by atoms with Gasteiger partial charge in [0.15, 0.2) is 5.78 Å². The fourth-order valence-corrected chi connectivity index (χ4v) is 2.95. The summed E-state index contributed by atoms with van der Waals surface area (Å²) in [5.41, 5.74) is 0.261. The summed E-state index contributed by atoms with van der Waals surface area (Å²) >= 11 is 5.99. The third-order valence-corrected chi connectivity index (χ3v) is 4.27. The molecule has 3 heteroatoms. The van der Waals surface area contributed by atoms with Crippen molar-refractivity contribution in [2.24, 2.45) is 0 Å². The predicted molar refractivity (Wildman–Crippen MR) is 79.9 cm³/mol. The Morgan fingerprint density at radius 3 is 2.37 bits per heavy atom. The Morgan fingerprint density at radius 1 is 1.16 bits per heavy atom. The topological polar surface area (TPSA) is 20.3 Å². The van der Waals surface area contributed by atoms with Crippen molar-refractivity contribution in [1.82, 2.24) is 4.90 Å². The summed E-state index contributed by atoms with van der Waals surface area (Å²) in [4.78, 5) is 15.1. The number of likely N-dealkylation sites (tertiary alicyclic amines) is 1. The third kappa shape index (κ3) is 3.37. The molecule has 0 radical (unpaired) electrons. The van der Waals surface area contributed by atoms with Gasteiger partial charge in [0.1, 0.15) is 0 Å². The van der Waals surface area contributed by atoms with Crippen molar-refractivity contribution in [2.75, 3.05) is 13.1 Å².